The molecule has 0 bridgehead atoms. The summed E-state index contributed by atoms with van der Waals surface area (Å²) in [5.74, 6) is -0.260. The summed E-state index contributed by atoms with van der Waals surface area (Å²) in [5, 5.41) is 12.7. The molecule has 0 aliphatic carbocycles. The van der Waals surface area contributed by atoms with Gasteiger partial charge in [-0.2, -0.15) is 11.3 Å². The van der Waals surface area contributed by atoms with Crippen molar-refractivity contribution in [1.29, 1.82) is 0 Å². The van der Waals surface area contributed by atoms with Crippen molar-refractivity contribution in [2.75, 3.05) is 10.6 Å². The van der Waals surface area contributed by atoms with E-state index in [1.54, 1.807) is 22.8 Å². The molecule has 0 radical (unpaired) electrons. The van der Waals surface area contributed by atoms with Crippen LogP contribution in [0.25, 0.3) is 20.8 Å². The highest BCUT2D eigenvalue weighted by molar-refractivity contribution is 7.21. The van der Waals surface area contributed by atoms with Gasteiger partial charge in [-0.3, -0.25) is 14.9 Å². The number of amides is 2. The number of anilines is 2. The van der Waals surface area contributed by atoms with E-state index in [1.807, 2.05) is 41.1 Å². The SMILES string of the molecule is Cc1ccc2nc(-c3ccc(NC(=O)CCc4csc(NC(=O)c5ccsc5)n4)cc3)sc2c1. The van der Waals surface area contributed by atoms with Gasteiger partial charge in [0.25, 0.3) is 5.91 Å². The molecule has 2 aromatic carbocycles. The van der Waals surface area contributed by atoms with E-state index < -0.39 is 0 Å². The van der Waals surface area contributed by atoms with Gasteiger partial charge in [-0.25, -0.2) is 9.97 Å². The molecule has 0 saturated heterocycles. The Bertz CT molecular complexity index is 1450. The van der Waals surface area contributed by atoms with Crippen LogP contribution in [0.5, 0.6) is 0 Å². The molecular formula is C25H20N4O2S3. The Morgan fingerprint density at radius 3 is 2.62 bits per heavy atom. The maximum Gasteiger partial charge on any atom is 0.258 e. The molecule has 3 aromatic heterocycles. The topological polar surface area (TPSA) is 84.0 Å². The Hall–Kier alpha value is -3.40. The lowest BCUT2D eigenvalue weighted by Crippen LogP contribution is -2.12. The fourth-order valence-corrected chi connectivity index (χ4v) is 5.80. The number of nitrogens with zero attached hydrogens (tertiary/aromatic N) is 2. The average Bonchev–Trinajstić information content (AvgIpc) is 3.59. The second-order valence-corrected chi connectivity index (χ2v) is 10.4. The lowest BCUT2D eigenvalue weighted by atomic mass is 10.2. The number of nitrogens with one attached hydrogen (secondary N) is 2. The predicted molar refractivity (Wildman–Crippen MR) is 141 cm³/mol. The number of thiophene rings is 1. The molecular weight excluding hydrogens is 485 g/mol. The van der Waals surface area contributed by atoms with Crippen molar-refractivity contribution in [2.24, 2.45) is 0 Å². The second kappa shape index (κ2) is 9.84. The van der Waals surface area contributed by atoms with E-state index in [1.165, 1.54) is 32.9 Å². The summed E-state index contributed by atoms with van der Waals surface area (Å²) < 4.78 is 1.17. The number of carbonyl (C=O) groups is 2. The van der Waals surface area contributed by atoms with E-state index in [2.05, 4.69) is 34.7 Å². The van der Waals surface area contributed by atoms with E-state index in [-0.39, 0.29) is 11.8 Å². The Morgan fingerprint density at radius 2 is 1.82 bits per heavy atom. The van der Waals surface area contributed by atoms with Gasteiger partial charge in [-0.15, -0.1) is 22.7 Å². The molecule has 170 valence electrons. The van der Waals surface area contributed by atoms with Gasteiger partial charge >= 0.3 is 0 Å². The maximum absolute atomic E-state index is 12.4. The van der Waals surface area contributed by atoms with Crippen LogP contribution in [0.15, 0.2) is 64.7 Å². The summed E-state index contributed by atoms with van der Waals surface area (Å²) in [6, 6.07) is 15.8. The molecule has 6 nitrogen and oxygen atoms in total. The number of carbonyl (C=O) groups excluding carboxylic acids is 2. The molecule has 9 heteroatoms. The Labute approximate surface area is 208 Å². The average molecular weight is 505 g/mol. The van der Waals surface area contributed by atoms with Crippen LogP contribution in [-0.2, 0) is 11.2 Å². The first kappa shape index (κ1) is 22.4. The highest BCUT2D eigenvalue weighted by atomic mass is 32.1. The summed E-state index contributed by atoms with van der Waals surface area (Å²) in [4.78, 5) is 33.7. The summed E-state index contributed by atoms with van der Waals surface area (Å²) in [6.07, 6.45) is 0.806. The van der Waals surface area contributed by atoms with E-state index >= 15 is 0 Å². The Morgan fingerprint density at radius 1 is 0.971 bits per heavy atom. The molecule has 0 spiro atoms. The number of thiazole rings is 2. The van der Waals surface area contributed by atoms with Gasteiger partial charge in [0.15, 0.2) is 5.13 Å². The Balaban J connectivity index is 1.14. The first-order valence-corrected chi connectivity index (χ1v) is 13.2. The van der Waals surface area contributed by atoms with E-state index in [0.29, 0.717) is 23.5 Å². The van der Waals surface area contributed by atoms with Crippen molar-refractivity contribution in [1.82, 2.24) is 9.97 Å². The van der Waals surface area contributed by atoms with E-state index in [0.717, 1.165) is 27.5 Å². The highest BCUT2D eigenvalue weighted by Gasteiger charge is 2.11. The Kier molecular flexibility index (Phi) is 6.48. The molecule has 3 heterocycles. The number of hydrogen-bond donors (Lipinski definition) is 2. The van der Waals surface area contributed by atoms with Crippen LogP contribution in [0.2, 0.25) is 0 Å². The molecule has 5 rings (SSSR count). The van der Waals surface area contributed by atoms with Crippen molar-refractivity contribution >= 4 is 66.9 Å². The number of benzene rings is 2. The third kappa shape index (κ3) is 5.22. The van der Waals surface area contributed by atoms with Gasteiger partial charge in [0.2, 0.25) is 5.91 Å². The molecule has 5 aromatic rings. The first-order valence-electron chi connectivity index (χ1n) is 10.6. The molecule has 0 saturated carbocycles. The maximum atomic E-state index is 12.4. The highest BCUT2D eigenvalue weighted by Crippen LogP contribution is 2.31. The van der Waals surface area contributed by atoms with Crippen LogP contribution in [0.1, 0.15) is 28.0 Å². The van der Waals surface area contributed by atoms with Gasteiger partial charge in [-0.1, -0.05) is 6.07 Å². The van der Waals surface area contributed by atoms with Crippen LogP contribution < -0.4 is 10.6 Å². The molecule has 2 amide bonds. The smallest absolute Gasteiger partial charge is 0.258 e. The van der Waals surface area contributed by atoms with Crippen LogP contribution in [0, 0.1) is 6.92 Å². The largest absolute Gasteiger partial charge is 0.326 e. The van der Waals surface area contributed by atoms with Crippen molar-refractivity contribution in [2.45, 2.75) is 19.8 Å². The van der Waals surface area contributed by atoms with Crippen molar-refractivity contribution in [3.8, 4) is 10.6 Å². The molecule has 0 unspecified atom stereocenters. The van der Waals surface area contributed by atoms with Crippen molar-refractivity contribution < 1.29 is 9.59 Å². The fraction of sp³-hybridized carbons (Fsp3) is 0.120. The summed E-state index contributed by atoms with van der Waals surface area (Å²) >= 11 is 4.49. The number of fused-ring (bicyclic) bond motifs is 1. The first-order chi connectivity index (χ1) is 16.5. The monoisotopic (exact) mass is 504 g/mol. The quantitative estimate of drug-likeness (QED) is 0.261. The third-order valence-electron chi connectivity index (χ3n) is 5.12. The zero-order valence-electron chi connectivity index (χ0n) is 18.2. The normalized spacial score (nSPS) is 11.0. The van der Waals surface area contributed by atoms with Gasteiger partial charge < -0.3 is 5.32 Å². The van der Waals surface area contributed by atoms with Crippen LogP contribution in [-0.4, -0.2) is 21.8 Å². The number of hydrogen-bond acceptors (Lipinski definition) is 7. The number of aryl methyl sites for hydroxylation is 2. The molecule has 0 fully saturated rings. The van der Waals surface area contributed by atoms with E-state index in [9.17, 15) is 9.59 Å². The molecule has 0 atom stereocenters. The standard InChI is InChI=1S/C25H20N4O2S3/c1-15-2-8-20-21(12-15)34-24(28-20)16-3-5-18(6-4-16)26-22(30)9-7-19-14-33-25(27-19)29-23(31)17-10-11-32-13-17/h2-6,8,10-14H,7,9H2,1H3,(H,26,30)(H,27,29,31). The fourth-order valence-electron chi connectivity index (χ4n) is 3.36. The van der Waals surface area contributed by atoms with E-state index in [4.69, 9.17) is 4.98 Å². The summed E-state index contributed by atoms with van der Waals surface area (Å²) in [5.41, 5.74) is 5.38. The van der Waals surface area contributed by atoms with Crippen LogP contribution >= 0.6 is 34.0 Å². The second-order valence-electron chi connectivity index (χ2n) is 7.73. The van der Waals surface area contributed by atoms with Gasteiger partial charge in [-0.05, 0) is 66.8 Å². The zero-order valence-corrected chi connectivity index (χ0v) is 20.7. The lowest BCUT2D eigenvalue weighted by Gasteiger charge is -2.05. The minimum atomic E-state index is -0.177. The van der Waals surface area contributed by atoms with Crippen molar-refractivity contribution in [3.05, 3.63) is 81.5 Å². The minimum absolute atomic E-state index is 0.0833. The molecule has 2 N–H and O–H groups in total. The summed E-state index contributed by atoms with van der Waals surface area (Å²) in [7, 11) is 0. The van der Waals surface area contributed by atoms with Crippen LogP contribution in [0.3, 0.4) is 0 Å². The summed E-state index contributed by atoms with van der Waals surface area (Å²) in [6.45, 7) is 2.08. The number of aromatic nitrogens is 2. The van der Waals surface area contributed by atoms with Crippen LogP contribution in [0.4, 0.5) is 10.8 Å². The predicted octanol–water partition coefficient (Wildman–Crippen LogP) is 6.61. The lowest BCUT2D eigenvalue weighted by molar-refractivity contribution is -0.116. The minimum Gasteiger partial charge on any atom is -0.326 e. The number of rotatable bonds is 7. The zero-order chi connectivity index (χ0) is 23.5. The van der Waals surface area contributed by atoms with Gasteiger partial charge in [0.1, 0.15) is 5.01 Å². The van der Waals surface area contributed by atoms with Crippen molar-refractivity contribution in [3.63, 3.8) is 0 Å². The third-order valence-corrected chi connectivity index (χ3v) is 7.68. The van der Waals surface area contributed by atoms with Gasteiger partial charge in [0, 0.05) is 28.4 Å². The molecule has 34 heavy (non-hydrogen) atoms. The molecule has 0 aliphatic rings. The van der Waals surface area contributed by atoms with Gasteiger partial charge in [0.05, 0.1) is 21.5 Å². The molecule has 0 aliphatic heterocycles.